The summed E-state index contributed by atoms with van der Waals surface area (Å²) in [5, 5.41) is 3.20. The Balaban J connectivity index is 2.09. The number of benzene rings is 1. The number of carbonyl (C=O) groups excluding carboxylic acids is 2. The third kappa shape index (κ3) is 2.86. The average Bonchev–Trinajstić information content (AvgIpc) is 2.66. The normalized spacial score (nSPS) is 20.4. The Labute approximate surface area is 126 Å². The Morgan fingerprint density at radius 1 is 1.45 bits per heavy atom. The highest BCUT2D eigenvalue weighted by atomic mass is 79.9. The van der Waals surface area contributed by atoms with Gasteiger partial charge in [0.15, 0.2) is 0 Å². The van der Waals surface area contributed by atoms with E-state index in [2.05, 4.69) is 21.2 Å². The van der Waals surface area contributed by atoms with E-state index in [0.717, 1.165) is 15.8 Å². The molecule has 1 aromatic carbocycles. The molecule has 2 rings (SSSR count). The number of rotatable bonds is 4. The third-order valence-corrected chi connectivity index (χ3v) is 4.13. The van der Waals surface area contributed by atoms with Crippen molar-refractivity contribution in [3.05, 3.63) is 28.2 Å². The first-order valence-corrected chi connectivity index (χ1v) is 7.13. The molecule has 6 heteroatoms. The number of likely N-dealkylation sites (N-methyl/N-ethyl adjacent to an activating group) is 1. The summed E-state index contributed by atoms with van der Waals surface area (Å²) < 4.78 is 6.04. The summed E-state index contributed by atoms with van der Waals surface area (Å²) >= 11 is 3.44. The van der Waals surface area contributed by atoms with E-state index in [9.17, 15) is 9.59 Å². The lowest BCUT2D eigenvalue weighted by Gasteiger charge is -2.19. The van der Waals surface area contributed by atoms with Gasteiger partial charge in [-0.2, -0.15) is 0 Å². The van der Waals surface area contributed by atoms with Gasteiger partial charge in [0.25, 0.3) is 0 Å². The Morgan fingerprint density at radius 3 is 2.65 bits per heavy atom. The number of amides is 2. The van der Waals surface area contributed by atoms with Gasteiger partial charge in [0, 0.05) is 13.1 Å². The van der Waals surface area contributed by atoms with Crippen molar-refractivity contribution >= 4 is 27.7 Å². The first kappa shape index (κ1) is 15.0. The minimum absolute atomic E-state index is 0.0366. The standard InChI is InChI=1S/C14H17BrN2O3/c1-8(9-4-5-12(20-3)10(15)6-9)16-11-7-13(18)17(2)14(11)19/h4-6,8,11,16H,7H2,1-3H3. The van der Waals surface area contributed by atoms with E-state index < -0.39 is 6.04 Å². The molecular formula is C14H17BrN2O3. The average molecular weight is 341 g/mol. The summed E-state index contributed by atoms with van der Waals surface area (Å²) in [6.07, 6.45) is 0.219. The molecule has 5 nitrogen and oxygen atoms in total. The topological polar surface area (TPSA) is 58.6 Å². The molecule has 0 spiro atoms. The number of methoxy groups -OCH3 is 1. The van der Waals surface area contributed by atoms with E-state index in [1.165, 1.54) is 11.9 Å². The Bertz CT molecular complexity index is 547. The van der Waals surface area contributed by atoms with Crippen LogP contribution in [0, 0.1) is 0 Å². The zero-order chi connectivity index (χ0) is 14.9. The minimum atomic E-state index is -0.441. The lowest BCUT2D eigenvalue weighted by atomic mass is 10.1. The van der Waals surface area contributed by atoms with Gasteiger partial charge in [-0.05, 0) is 40.5 Å². The highest BCUT2D eigenvalue weighted by molar-refractivity contribution is 9.10. The van der Waals surface area contributed by atoms with Crippen LogP contribution in [-0.4, -0.2) is 36.9 Å². The number of hydrogen-bond donors (Lipinski definition) is 1. The molecule has 1 saturated heterocycles. The van der Waals surface area contributed by atoms with Crippen LogP contribution >= 0.6 is 15.9 Å². The summed E-state index contributed by atoms with van der Waals surface area (Å²) in [6.45, 7) is 1.96. The van der Waals surface area contributed by atoms with Crippen LogP contribution in [0.4, 0.5) is 0 Å². The van der Waals surface area contributed by atoms with Crippen LogP contribution in [0.15, 0.2) is 22.7 Å². The molecule has 1 aromatic rings. The fourth-order valence-electron chi connectivity index (χ4n) is 2.24. The molecule has 2 atom stereocenters. The largest absolute Gasteiger partial charge is 0.496 e. The number of hydrogen-bond acceptors (Lipinski definition) is 4. The molecule has 0 radical (unpaired) electrons. The second-order valence-electron chi connectivity index (χ2n) is 4.83. The quantitative estimate of drug-likeness (QED) is 0.850. The third-order valence-electron chi connectivity index (χ3n) is 3.51. The molecule has 0 aromatic heterocycles. The smallest absolute Gasteiger partial charge is 0.246 e. The first-order chi connectivity index (χ1) is 9.43. The van der Waals surface area contributed by atoms with Crippen molar-refractivity contribution in [3.63, 3.8) is 0 Å². The SMILES string of the molecule is COc1ccc(C(C)NC2CC(=O)N(C)C2=O)cc1Br. The molecule has 20 heavy (non-hydrogen) atoms. The lowest BCUT2D eigenvalue weighted by molar-refractivity contribution is -0.137. The molecule has 2 amide bonds. The summed E-state index contributed by atoms with van der Waals surface area (Å²) in [6, 6.07) is 5.27. The van der Waals surface area contributed by atoms with E-state index in [1.54, 1.807) is 7.11 Å². The predicted octanol–water partition coefficient (Wildman–Crippen LogP) is 1.87. The van der Waals surface area contributed by atoms with Crippen LogP contribution in [0.1, 0.15) is 24.9 Å². The van der Waals surface area contributed by atoms with Gasteiger partial charge in [-0.3, -0.25) is 19.8 Å². The molecule has 1 aliphatic rings. The Hall–Kier alpha value is -1.40. The van der Waals surface area contributed by atoms with Crippen LogP contribution in [0.5, 0.6) is 5.75 Å². The highest BCUT2D eigenvalue weighted by Crippen LogP contribution is 2.28. The van der Waals surface area contributed by atoms with Crippen molar-refractivity contribution in [1.82, 2.24) is 10.2 Å². The van der Waals surface area contributed by atoms with Crippen LogP contribution in [0.25, 0.3) is 0 Å². The van der Waals surface area contributed by atoms with Crippen molar-refractivity contribution in [1.29, 1.82) is 0 Å². The highest BCUT2D eigenvalue weighted by Gasteiger charge is 2.36. The van der Waals surface area contributed by atoms with Gasteiger partial charge >= 0.3 is 0 Å². The monoisotopic (exact) mass is 340 g/mol. The molecule has 108 valence electrons. The number of likely N-dealkylation sites (tertiary alicyclic amines) is 1. The summed E-state index contributed by atoms with van der Waals surface area (Å²) in [7, 11) is 3.13. The molecule has 1 aliphatic heterocycles. The number of imide groups is 1. The van der Waals surface area contributed by atoms with Crippen LogP contribution < -0.4 is 10.1 Å². The second kappa shape index (κ2) is 5.93. The van der Waals surface area contributed by atoms with Gasteiger partial charge in [-0.1, -0.05) is 6.07 Å². The van der Waals surface area contributed by atoms with E-state index in [-0.39, 0.29) is 24.3 Å². The zero-order valence-corrected chi connectivity index (χ0v) is 13.2. The van der Waals surface area contributed by atoms with Crippen LogP contribution in [-0.2, 0) is 9.59 Å². The van der Waals surface area contributed by atoms with Gasteiger partial charge in [-0.25, -0.2) is 0 Å². The van der Waals surface area contributed by atoms with Crippen molar-refractivity contribution in [2.45, 2.75) is 25.4 Å². The molecule has 0 bridgehead atoms. The number of halogens is 1. The number of nitrogens with one attached hydrogen (secondary N) is 1. The Kier molecular flexibility index (Phi) is 4.45. The first-order valence-electron chi connectivity index (χ1n) is 6.34. The number of ether oxygens (including phenoxy) is 1. The van der Waals surface area contributed by atoms with Crippen molar-refractivity contribution < 1.29 is 14.3 Å². The lowest BCUT2D eigenvalue weighted by Crippen LogP contribution is -2.38. The van der Waals surface area contributed by atoms with E-state index in [1.807, 2.05) is 25.1 Å². The van der Waals surface area contributed by atoms with Gasteiger partial charge in [0.1, 0.15) is 5.75 Å². The van der Waals surface area contributed by atoms with E-state index in [0.29, 0.717) is 0 Å². The van der Waals surface area contributed by atoms with Crippen molar-refractivity contribution in [2.75, 3.05) is 14.2 Å². The fraction of sp³-hybridized carbons (Fsp3) is 0.429. The minimum Gasteiger partial charge on any atom is -0.496 e. The molecule has 1 fully saturated rings. The van der Waals surface area contributed by atoms with E-state index >= 15 is 0 Å². The molecule has 0 aliphatic carbocycles. The summed E-state index contributed by atoms with van der Waals surface area (Å²) in [4.78, 5) is 24.5. The number of nitrogens with zero attached hydrogens (tertiary/aromatic N) is 1. The van der Waals surface area contributed by atoms with Crippen molar-refractivity contribution in [3.8, 4) is 5.75 Å². The molecule has 1 heterocycles. The molecule has 1 N–H and O–H groups in total. The Morgan fingerprint density at radius 2 is 2.15 bits per heavy atom. The van der Waals surface area contributed by atoms with Gasteiger partial charge < -0.3 is 4.74 Å². The molecule has 0 saturated carbocycles. The molecular weight excluding hydrogens is 324 g/mol. The zero-order valence-electron chi connectivity index (χ0n) is 11.6. The van der Waals surface area contributed by atoms with Crippen LogP contribution in [0.3, 0.4) is 0 Å². The maximum atomic E-state index is 11.9. The summed E-state index contributed by atoms with van der Waals surface area (Å²) in [5.74, 6) is 0.442. The van der Waals surface area contributed by atoms with E-state index in [4.69, 9.17) is 4.74 Å². The maximum absolute atomic E-state index is 11.9. The maximum Gasteiger partial charge on any atom is 0.246 e. The van der Waals surface area contributed by atoms with Gasteiger partial charge in [0.05, 0.1) is 24.0 Å². The predicted molar refractivity (Wildman–Crippen MR) is 78.4 cm³/mol. The summed E-state index contributed by atoms with van der Waals surface area (Å²) in [5.41, 5.74) is 1.02. The molecule has 2 unspecified atom stereocenters. The fourth-order valence-corrected chi connectivity index (χ4v) is 2.79. The van der Waals surface area contributed by atoms with Gasteiger partial charge in [0.2, 0.25) is 11.8 Å². The van der Waals surface area contributed by atoms with Crippen molar-refractivity contribution in [2.24, 2.45) is 0 Å². The van der Waals surface area contributed by atoms with Crippen LogP contribution in [0.2, 0.25) is 0 Å². The number of carbonyl (C=O) groups is 2. The second-order valence-corrected chi connectivity index (χ2v) is 5.68. The van der Waals surface area contributed by atoms with Gasteiger partial charge in [-0.15, -0.1) is 0 Å².